The van der Waals surface area contributed by atoms with Crippen LogP contribution in [0.15, 0.2) is 48.5 Å². The van der Waals surface area contributed by atoms with Gasteiger partial charge >= 0.3 is 0 Å². The molecule has 1 heterocycles. The first-order chi connectivity index (χ1) is 13.1. The second-order valence-electron chi connectivity index (χ2n) is 6.61. The Morgan fingerprint density at radius 1 is 1.11 bits per heavy atom. The molecule has 1 aliphatic rings. The Morgan fingerprint density at radius 2 is 1.85 bits per heavy atom. The van der Waals surface area contributed by atoms with Gasteiger partial charge in [-0.15, -0.1) is 0 Å². The SMILES string of the molecule is O=C(CCc1ccc(Cl)cc1Cl)NCC(c1ccccc1)N1CCOCC1. The number of carbonyl (C=O) groups is 1. The minimum absolute atomic E-state index is 0.0233. The van der Waals surface area contributed by atoms with Crippen LogP contribution in [-0.4, -0.2) is 43.7 Å². The third kappa shape index (κ3) is 5.94. The van der Waals surface area contributed by atoms with Crippen LogP contribution in [0.2, 0.25) is 10.0 Å². The van der Waals surface area contributed by atoms with Gasteiger partial charge in [0.1, 0.15) is 0 Å². The zero-order chi connectivity index (χ0) is 19.1. The normalized spacial score (nSPS) is 16.1. The molecule has 0 saturated carbocycles. The van der Waals surface area contributed by atoms with E-state index in [0.29, 0.717) is 29.4 Å². The van der Waals surface area contributed by atoms with Crippen molar-refractivity contribution in [3.8, 4) is 0 Å². The number of benzene rings is 2. The van der Waals surface area contributed by atoms with E-state index in [1.165, 1.54) is 5.56 Å². The van der Waals surface area contributed by atoms with Gasteiger partial charge in [0, 0.05) is 36.1 Å². The number of aryl methyl sites for hydroxylation is 1. The molecule has 4 nitrogen and oxygen atoms in total. The van der Waals surface area contributed by atoms with Gasteiger partial charge in [0.15, 0.2) is 0 Å². The van der Waals surface area contributed by atoms with Gasteiger partial charge in [-0.05, 0) is 29.7 Å². The molecule has 0 spiro atoms. The summed E-state index contributed by atoms with van der Waals surface area (Å²) < 4.78 is 5.47. The molecule has 0 bridgehead atoms. The Morgan fingerprint density at radius 3 is 2.56 bits per heavy atom. The summed E-state index contributed by atoms with van der Waals surface area (Å²) in [4.78, 5) is 14.8. The maximum atomic E-state index is 12.4. The fourth-order valence-corrected chi connectivity index (χ4v) is 3.80. The summed E-state index contributed by atoms with van der Waals surface area (Å²) in [6.07, 6.45) is 0.987. The van der Waals surface area contributed by atoms with Crippen LogP contribution in [0.4, 0.5) is 0 Å². The van der Waals surface area contributed by atoms with Crippen LogP contribution in [0.1, 0.15) is 23.6 Å². The third-order valence-corrected chi connectivity index (χ3v) is 5.39. The number of rotatable bonds is 7. The number of carbonyl (C=O) groups excluding carboxylic acids is 1. The topological polar surface area (TPSA) is 41.6 Å². The number of nitrogens with zero attached hydrogens (tertiary/aromatic N) is 1. The molecule has 0 aliphatic carbocycles. The van der Waals surface area contributed by atoms with Crippen LogP contribution in [0, 0.1) is 0 Å². The van der Waals surface area contributed by atoms with Crippen LogP contribution in [0.3, 0.4) is 0 Å². The van der Waals surface area contributed by atoms with E-state index in [1.807, 2.05) is 24.3 Å². The van der Waals surface area contributed by atoms with Crippen molar-refractivity contribution in [3.63, 3.8) is 0 Å². The Kier molecular flexibility index (Phi) is 7.53. The quantitative estimate of drug-likeness (QED) is 0.751. The minimum Gasteiger partial charge on any atom is -0.379 e. The van der Waals surface area contributed by atoms with E-state index >= 15 is 0 Å². The van der Waals surface area contributed by atoms with Gasteiger partial charge < -0.3 is 10.1 Å². The number of hydrogen-bond donors (Lipinski definition) is 1. The molecule has 2 aromatic rings. The Hall–Kier alpha value is -1.59. The summed E-state index contributed by atoms with van der Waals surface area (Å²) in [5.74, 6) is 0.0233. The van der Waals surface area contributed by atoms with Gasteiger partial charge in [0.05, 0.1) is 19.3 Å². The lowest BCUT2D eigenvalue weighted by atomic mass is 10.0. The molecule has 6 heteroatoms. The fourth-order valence-electron chi connectivity index (χ4n) is 3.29. The zero-order valence-corrected chi connectivity index (χ0v) is 16.7. The molecular formula is C21H24Cl2N2O2. The highest BCUT2D eigenvalue weighted by Crippen LogP contribution is 2.23. The summed E-state index contributed by atoms with van der Waals surface area (Å²) >= 11 is 12.1. The third-order valence-electron chi connectivity index (χ3n) is 4.80. The summed E-state index contributed by atoms with van der Waals surface area (Å²) in [7, 11) is 0. The predicted molar refractivity (Wildman–Crippen MR) is 109 cm³/mol. The molecule has 1 amide bonds. The van der Waals surface area contributed by atoms with E-state index in [1.54, 1.807) is 12.1 Å². The number of morpholine rings is 1. The first-order valence-electron chi connectivity index (χ1n) is 9.21. The second-order valence-corrected chi connectivity index (χ2v) is 7.46. The summed E-state index contributed by atoms with van der Waals surface area (Å²) in [5.41, 5.74) is 2.14. The van der Waals surface area contributed by atoms with Crippen molar-refractivity contribution in [3.05, 3.63) is 69.7 Å². The van der Waals surface area contributed by atoms with Crippen LogP contribution in [0.25, 0.3) is 0 Å². The lowest BCUT2D eigenvalue weighted by Gasteiger charge is -2.35. The molecule has 1 N–H and O–H groups in total. The van der Waals surface area contributed by atoms with Gasteiger partial charge in [-0.25, -0.2) is 0 Å². The van der Waals surface area contributed by atoms with E-state index in [0.717, 1.165) is 31.9 Å². The molecule has 1 aliphatic heterocycles. The average molecular weight is 407 g/mol. The second kappa shape index (κ2) is 10.1. The summed E-state index contributed by atoms with van der Waals surface area (Å²) in [5, 5.41) is 4.29. The van der Waals surface area contributed by atoms with E-state index < -0.39 is 0 Å². The standard InChI is InChI=1S/C21H24Cl2N2O2/c22-18-8-6-16(19(23)14-18)7-9-21(26)24-15-20(17-4-2-1-3-5-17)25-10-12-27-13-11-25/h1-6,8,14,20H,7,9-13,15H2,(H,24,26). The molecule has 1 fully saturated rings. The van der Waals surface area contributed by atoms with E-state index in [9.17, 15) is 4.79 Å². The molecule has 144 valence electrons. The maximum Gasteiger partial charge on any atom is 0.220 e. The number of hydrogen-bond acceptors (Lipinski definition) is 3. The van der Waals surface area contributed by atoms with Crippen LogP contribution in [0.5, 0.6) is 0 Å². The van der Waals surface area contributed by atoms with E-state index in [2.05, 4.69) is 22.3 Å². The van der Waals surface area contributed by atoms with Crippen molar-refractivity contribution in [1.29, 1.82) is 0 Å². The molecule has 0 aromatic heterocycles. The van der Waals surface area contributed by atoms with Gasteiger partial charge in [0.25, 0.3) is 0 Å². The molecule has 1 atom stereocenters. The molecule has 0 radical (unpaired) electrons. The fraction of sp³-hybridized carbons (Fsp3) is 0.381. The van der Waals surface area contributed by atoms with E-state index in [4.69, 9.17) is 27.9 Å². The first kappa shape index (κ1) is 20.2. The van der Waals surface area contributed by atoms with Gasteiger partial charge in [-0.3, -0.25) is 9.69 Å². The Balaban J connectivity index is 1.56. The lowest BCUT2D eigenvalue weighted by Crippen LogP contribution is -2.43. The molecule has 27 heavy (non-hydrogen) atoms. The van der Waals surface area contributed by atoms with Crippen molar-refractivity contribution in [1.82, 2.24) is 10.2 Å². The van der Waals surface area contributed by atoms with Crippen molar-refractivity contribution in [2.45, 2.75) is 18.9 Å². The molecule has 1 saturated heterocycles. The summed E-state index contributed by atoms with van der Waals surface area (Å²) in [6.45, 7) is 3.78. The van der Waals surface area contributed by atoms with Crippen LogP contribution < -0.4 is 5.32 Å². The smallest absolute Gasteiger partial charge is 0.220 e. The molecule has 2 aromatic carbocycles. The van der Waals surface area contributed by atoms with Crippen molar-refractivity contribution < 1.29 is 9.53 Å². The molecular weight excluding hydrogens is 383 g/mol. The zero-order valence-electron chi connectivity index (χ0n) is 15.2. The number of amides is 1. The van der Waals surface area contributed by atoms with Gasteiger partial charge in [-0.1, -0.05) is 59.6 Å². The predicted octanol–water partition coefficient (Wildman–Crippen LogP) is 4.12. The number of nitrogens with one attached hydrogen (secondary N) is 1. The highest BCUT2D eigenvalue weighted by molar-refractivity contribution is 6.35. The lowest BCUT2D eigenvalue weighted by molar-refractivity contribution is -0.121. The Bertz CT molecular complexity index is 749. The summed E-state index contributed by atoms with van der Waals surface area (Å²) in [6, 6.07) is 15.8. The van der Waals surface area contributed by atoms with Crippen molar-refractivity contribution >= 4 is 29.1 Å². The monoisotopic (exact) mass is 406 g/mol. The van der Waals surface area contributed by atoms with Crippen molar-refractivity contribution in [2.24, 2.45) is 0 Å². The highest BCUT2D eigenvalue weighted by Gasteiger charge is 2.23. The number of ether oxygens (including phenoxy) is 1. The maximum absolute atomic E-state index is 12.4. The van der Waals surface area contributed by atoms with Gasteiger partial charge in [0.2, 0.25) is 5.91 Å². The van der Waals surface area contributed by atoms with Crippen LogP contribution in [-0.2, 0) is 16.0 Å². The Labute approximate surface area is 170 Å². The average Bonchev–Trinajstić information content (AvgIpc) is 2.69. The molecule has 3 rings (SSSR count). The van der Waals surface area contributed by atoms with Crippen LogP contribution >= 0.6 is 23.2 Å². The highest BCUT2D eigenvalue weighted by atomic mass is 35.5. The number of halogens is 2. The molecule has 1 unspecified atom stereocenters. The van der Waals surface area contributed by atoms with E-state index in [-0.39, 0.29) is 11.9 Å². The van der Waals surface area contributed by atoms with Crippen molar-refractivity contribution in [2.75, 3.05) is 32.8 Å². The largest absolute Gasteiger partial charge is 0.379 e. The minimum atomic E-state index is 0.0233. The first-order valence-corrected chi connectivity index (χ1v) is 9.96. The van der Waals surface area contributed by atoms with Gasteiger partial charge in [-0.2, -0.15) is 0 Å².